The molecule has 2 aliphatic rings. The highest BCUT2D eigenvalue weighted by atomic mass is 16.1. The van der Waals surface area contributed by atoms with Crippen LogP contribution in [0.15, 0.2) is 23.8 Å². The first-order chi connectivity index (χ1) is 11.2. The maximum Gasteiger partial charge on any atom is 0.130 e. The van der Waals surface area contributed by atoms with Crippen LogP contribution in [0.25, 0.3) is 0 Å². The number of rotatable bonds is 6. The molecule has 2 rings (SSSR count). The molecule has 0 saturated heterocycles. The zero-order chi connectivity index (χ0) is 18.0. The van der Waals surface area contributed by atoms with Gasteiger partial charge in [-0.25, -0.2) is 0 Å². The molecule has 24 heavy (non-hydrogen) atoms. The summed E-state index contributed by atoms with van der Waals surface area (Å²) in [5, 5.41) is 0. The first-order valence-corrected chi connectivity index (χ1v) is 9.99. The van der Waals surface area contributed by atoms with Crippen molar-refractivity contribution in [2.24, 2.45) is 22.7 Å². The van der Waals surface area contributed by atoms with Gasteiger partial charge in [0, 0.05) is 6.42 Å². The van der Waals surface area contributed by atoms with Crippen molar-refractivity contribution in [1.82, 2.24) is 0 Å². The van der Waals surface area contributed by atoms with Gasteiger partial charge in [-0.1, -0.05) is 51.0 Å². The fourth-order valence-electron chi connectivity index (χ4n) is 5.80. The zero-order valence-corrected chi connectivity index (χ0v) is 16.7. The minimum absolute atomic E-state index is 0.291. The number of ketones is 1. The van der Waals surface area contributed by atoms with E-state index in [2.05, 4.69) is 40.3 Å². The van der Waals surface area contributed by atoms with Gasteiger partial charge in [0.25, 0.3) is 0 Å². The van der Waals surface area contributed by atoms with Gasteiger partial charge in [0.05, 0.1) is 0 Å². The fourth-order valence-corrected chi connectivity index (χ4v) is 5.80. The zero-order valence-electron chi connectivity index (χ0n) is 16.7. The summed E-state index contributed by atoms with van der Waals surface area (Å²) in [6.07, 6.45) is 13.0. The molecule has 0 radical (unpaired) electrons. The lowest BCUT2D eigenvalue weighted by Gasteiger charge is -2.58. The highest BCUT2D eigenvalue weighted by Crippen LogP contribution is 2.61. The molecule has 1 heteroatoms. The van der Waals surface area contributed by atoms with E-state index in [1.165, 1.54) is 49.7 Å². The lowest BCUT2D eigenvalue weighted by molar-refractivity contribution is -0.116. The second-order valence-electron chi connectivity index (χ2n) is 9.48. The van der Waals surface area contributed by atoms with Crippen LogP contribution in [0.1, 0.15) is 92.4 Å². The lowest BCUT2D eigenvalue weighted by atomic mass is 9.47. The molecule has 0 heterocycles. The number of carbonyl (C=O) groups is 1. The number of Topliss-reactive ketones (excluding diaryl/α,β-unsaturated/α-hetero) is 1. The molecule has 1 nitrogen and oxygen atoms in total. The molecule has 0 aromatic rings. The molecular weight excluding hydrogens is 292 g/mol. The van der Waals surface area contributed by atoms with Gasteiger partial charge in [0.2, 0.25) is 0 Å². The molecule has 0 N–H and O–H groups in total. The Balaban J connectivity index is 2.04. The number of fused-ring (bicyclic) bond motifs is 1. The van der Waals surface area contributed by atoms with Crippen molar-refractivity contribution in [2.75, 3.05) is 0 Å². The van der Waals surface area contributed by atoms with Crippen molar-refractivity contribution < 1.29 is 4.79 Å². The average molecular weight is 331 g/mol. The van der Waals surface area contributed by atoms with E-state index in [4.69, 9.17) is 0 Å². The molecule has 0 spiro atoms. The number of hydrogen-bond donors (Lipinski definition) is 0. The summed E-state index contributed by atoms with van der Waals surface area (Å²) < 4.78 is 0. The number of hydrogen-bond acceptors (Lipinski definition) is 1. The predicted molar refractivity (Wildman–Crippen MR) is 104 cm³/mol. The second kappa shape index (κ2) is 7.58. The molecule has 2 saturated carbocycles. The minimum atomic E-state index is 0.291. The van der Waals surface area contributed by atoms with Crippen LogP contribution in [0.2, 0.25) is 0 Å². The van der Waals surface area contributed by atoms with Crippen molar-refractivity contribution in [3.8, 4) is 0 Å². The summed E-state index contributed by atoms with van der Waals surface area (Å²) in [6, 6.07) is 0. The van der Waals surface area contributed by atoms with E-state index in [9.17, 15) is 4.79 Å². The van der Waals surface area contributed by atoms with E-state index in [1.54, 1.807) is 6.92 Å². The molecule has 0 bridgehead atoms. The van der Waals surface area contributed by atoms with Crippen molar-refractivity contribution in [2.45, 2.75) is 92.4 Å². The third-order valence-electron chi connectivity index (χ3n) is 7.14. The van der Waals surface area contributed by atoms with E-state index >= 15 is 0 Å². The van der Waals surface area contributed by atoms with Crippen LogP contribution in [-0.2, 0) is 4.79 Å². The summed E-state index contributed by atoms with van der Waals surface area (Å²) in [5.74, 6) is 1.81. The van der Waals surface area contributed by atoms with E-state index < -0.39 is 0 Å². The monoisotopic (exact) mass is 330 g/mol. The molecule has 0 unspecified atom stereocenters. The van der Waals surface area contributed by atoms with Gasteiger partial charge in [-0.3, -0.25) is 0 Å². The molecule has 136 valence electrons. The third kappa shape index (κ3) is 4.21. The van der Waals surface area contributed by atoms with Crippen LogP contribution in [0.3, 0.4) is 0 Å². The van der Waals surface area contributed by atoms with E-state index in [0.29, 0.717) is 29.0 Å². The predicted octanol–water partition coefficient (Wildman–Crippen LogP) is 6.88. The topological polar surface area (TPSA) is 17.1 Å². The van der Waals surface area contributed by atoms with Gasteiger partial charge >= 0.3 is 0 Å². The van der Waals surface area contributed by atoms with Crippen molar-refractivity contribution in [3.63, 3.8) is 0 Å². The normalized spacial score (nSPS) is 33.2. The first-order valence-electron chi connectivity index (χ1n) is 9.99. The van der Waals surface area contributed by atoms with Gasteiger partial charge in [0.15, 0.2) is 0 Å². The molecule has 0 amide bonds. The summed E-state index contributed by atoms with van der Waals surface area (Å²) in [7, 11) is 0. The van der Waals surface area contributed by atoms with Crippen molar-refractivity contribution in [3.05, 3.63) is 23.8 Å². The Morgan fingerprint density at radius 1 is 1.21 bits per heavy atom. The van der Waals surface area contributed by atoms with Gasteiger partial charge in [-0.2, -0.15) is 0 Å². The largest absolute Gasteiger partial charge is 0.300 e. The highest BCUT2D eigenvalue weighted by molar-refractivity contribution is 5.75. The van der Waals surface area contributed by atoms with E-state index in [1.807, 2.05) is 0 Å². The van der Waals surface area contributed by atoms with Crippen LogP contribution in [0.4, 0.5) is 0 Å². The summed E-state index contributed by atoms with van der Waals surface area (Å²) >= 11 is 0. The molecule has 0 aliphatic heterocycles. The Hall–Kier alpha value is -0.850. The summed E-state index contributed by atoms with van der Waals surface area (Å²) in [4.78, 5) is 11.1. The molecular formula is C23H38O. The Morgan fingerprint density at radius 3 is 2.58 bits per heavy atom. The third-order valence-corrected chi connectivity index (χ3v) is 7.14. The smallest absolute Gasteiger partial charge is 0.130 e. The molecule has 3 atom stereocenters. The standard InChI is InChI=1S/C23H38O/c1-17(9-7-10-19(3)24)11-13-20-18(2)12-14-21-22(4,5)15-8-16-23(20,21)6/h9,20-21H,2,7-8,10-16H2,1,3-6H3/b17-9-/t20-,21+,23-/m0/s1. The maximum absolute atomic E-state index is 11.1. The van der Waals surface area contributed by atoms with Crippen molar-refractivity contribution in [1.29, 1.82) is 0 Å². The van der Waals surface area contributed by atoms with Crippen LogP contribution in [-0.4, -0.2) is 5.78 Å². The molecule has 0 aromatic carbocycles. The average Bonchev–Trinajstić information content (AvgIpc) is 2.45. The summed E-state index contributed by atoms with van der Waals surface area (Å²) in [6.45, 7) is 15.9. The first kappa shape index (κ1) is 19.5. The number of carbonyl (C=O) groups excluding carboxylic acids is 1. The SMILES string of the molecule is C=C1CC[C@@H]2C(C)(C)CCC[C@@]2(C)[C@H]1CC/C(C)=C\CCC(C)=O. The molecule has 2 fully saturated rings. The maximum atomic E-state index is 11.1. The van der Waals surface area contributed by atoms with Crippen molar-refractivity contribution >= 4 is 5.78 Å². The highest BCUT2D eigenvalue weighted by Gasteiger charge is 2.52. The van der Waals surface area contributed by atoms with Crippen LogP contribution in [0, 0.1) is 22.7 Å². The summed E-state index contributed by atoms with van der Waals surface area (Å²) in [5.41, 5.74) is 3.88. The van der Waals surface area contributed by atoms with Gasteiger partial charge in [0.1, 0.15) is 5.78 Å². The molecule has 0 aromatic heterocycles. The Kier molecular flexibility index (Phi) is 6.15. The fraction of sp³-hybridized carbons (Fsp3) is 0.783. The number of allylic oxidation sites excluding steroid dienone is 3. The van der Waals surface area contributed by atoms with Crippen LogP contribution in [0.5, 0.6) is 0 Å². The lowest BCUT2D eigenvalue weighted by Crippen LogP contribution is -2.49. The Bertz CT molecular complexity index is 510. The van der Waals surface area contributed by atoms with Gasteiger partial charge in [-0.05, 0) is 81.5 Å². The van der Waals surface area contributed by atoms with E-state index in [-0.39, 0.29) is 0 Å². The Morgan fingerprint density at radius 2 is 1.92 bits per heavy atom. The Labute approximate surface area is 150 Å². The minimum Gasteiger partial charge on any atom is -0.300 e. The van der Waals surface area contributed by atoms with Gasteiger partial charge < -0.3 is 4.79 Å². The molecule has 2 aliphatic carbocycles. The van der Waals surface area contributed by atoms with E-state index in [0.717, 1.165) is 18.8 Å². The quantitative estimate of drug-likeness (QED) is 0.485. The van der Waals surface area contributed by atoms with Crippen LogP contribution >= 0.6 is 0 Å². The van der Waals surface area contributed by atoms with Gasteiger partial charge in [-0.15, -0.1) is 0 Å². The second-order valence-corrected chi connectivity index (χ2v) is 9.48. The van der Waals surface area contributed by atoms with Crippen LogP contribution < -0.4 is 0 Å².